The lowest BCUT2D eigenvalue weighted by Gasteiger charge is -2.12. The van der Waals surface area contributed by atoms with Crippen molar-refractivity contribution in [1.29, 1.82) is 0 Å². The highest BCUT2D eigenvalue weighted by Crippen LogP contribution is 2.23. The number of rotatable bonds is 4. The van der Waals surface area contributed by atoms with Crippen LogP contribution in [0.15, 0.2) is 42.5 Å². The summed E-state index contributed by atoms with van der Waals surface area (Å²) in [6, 6.07) is 13.7. The van der Waals surface area contributed by atoms with E-state index in [1.54, 1.807) is 7.11 Å². The van der Waals surface area contributed by atoms with Gasteiger partial charge in [0.2, 0.25) is 0 Å². The smallest absolute Gasteiger partial charge is 0.125 e. The molecule has 0 aliphatic carbocycles. The Morgan fingerprint density at radius 2 is 1.90 bits per heavy atom. The zero-order valence-electron chi connectivity index (χ0n) is 12.2. The molecule has 0 N–H and O–H groups in total. The van der Waals surface area contributed by atoms with E-state index in [2.05, 4.69) is 11.8 Å². The topological polar surface area (TPSA) is 18.5 Å². The molecule has 108 valence electrons. The number of para-hydroxylation sites is 1. The van der Waals surface area contributed by atoms with E-state index in [0.29, 0.717) is 12.5 Å². The van der Waals surface area contributed by atoms with Gasteiger partial charge in [0.1, 0.15) is 18.1 Å². The van der Waals surface area contributed by atoms with Crippen LogP contribution >= 0.6 is 11.6 Å². The fourth-order valence-corrected chi connectivity index (χ4v) is 2.07. The fourth-order valence-electron chi connectivity index (χ4n) is 2.00. The first-order valence-corrected chi connectivity index (χ1v) is 7.18. The monoisotopic (exact) mass is 300 g/mol. The summed E-state index contributed by atoms with van der Waals surface area (Å²) in [6.45, 7) is 2.47. The quantitative estimate of drug-likeness (QED) is 0.623. The maximum Gasteiger partial charge on any atom is 0.125 e. The predicted molar refractivity (Wildman–Crippen MR) is 86.1 cm³/mol. The lowest BCUT2D eigenvalue weighted by Crippen LogP contribution is -1.99. The third-order valence-corrected chi connectivity index (χ3v) is 3.18. The van der Waals surface area contributed by atoms with E-state index in [4.69, 9.17) is 21.1 Å². The molecule has 0 heterocycles. The van der Waals surface area contributed by atoms with Crippen molar-refractivity contribution in [3.63, 3.8) is 0 Å². The van der Waals surface area contributed by atoms with E-state index in [-0.39, 0.29) is 0 Å². The Balaban J connectivity index is 2.10. The summed E-state index contributed by atoms with van der Waals surface area (Å²) in [5.74, 6) is 7.86. The van der Waals surface area contributed by atoms with Gasteiger partial charge in [-0.2, -0.15) is 0 Å². The molecule has 3 heteroatoms. The SMILES string of the molecule is COc1ccccc1COc1ccc(C#CCCl)cc1C. The molecule has 0 spiro atoms. The zero-order chi connectivity index (χ0) is 15.1. The Morgan fingerprint density at radius 1 is 1.10 bits per heavy atom. The third-order valence-electron chi connectivity index (χ3n) is 3.05. The normalized spacial score (nSPS) is 9.67. The molecule has 0 amide bonds. The zero-order valence-corrected chi connectivity index (χ0v) is 12.9. The number of hydrogen-bond donors (Lipinski definition) is 0. The first kappa shape index (κ1) is 15.3. The Bertz CT molecular complexity index is 668. The van der Waals surface area contributed by atoms with Crippen LogP contribution in [0.2, 0.25) is 0 Å². The molecule has 2 nitrogen and oxygen atoms in total. The molecule has 2 aromatic rings. The molecule has 2 rings (SSSR count). The van der Waals surface area contributed by atoms with Gasteiger partial charge in [0.25, 0.3) is 0 Å². The third kappa shape index (κ3) is 4.18. The van der Waals surface area contributed by atoms with E-state index < -0.39 is 0 Å². The summed E-state index contributed by atoms with van der Waals surface area (Å²) >= 11 is 5.56. The van der Waals surface area contributed by atoms with Crippen LogP contribution in [-0.2, 0) is 6.61 Å². The summed E-state index contributed by atoms with van der Waals surface area (Å²) in [5, 5.41) is 0. The number of alkyl halides is 1. The van der Waals surface area contributed by atoms with Gasteiger partial charge in [-0.1, -0.05) is 30.0 Å². The van der Waals surface area contributed by atoms with Gasteiger partial charge < -0.3 is 9.47 Å². The number of benzene rings is 2. The van der Waals surface area contributed by atoms with Crippen LogP contribution in [0, 0.1) is 18.8 Å². The molecule has 0 aromatic heterocycles. The van der Waals surface area contributed by atoms with Gasteiger partial charge in [0, 0.05) is 11.1 Å². The molecular formula is C18H17ClO2. The van der Waals surface area contributed by atoms with Gasteiger partial charge >= 0.3 is 0 Å². The van der Waals surface area contributed by atoms with Crippen LogP contribution in [-0.4, -0.2) is 13.0 Å². The minimum atomic E-state index is 0.338. The average Bonchev–Trinajstić information content (AvgIpc) is 2.52. The first-order valence-electron chi connectivity index (χ1n) is 6.64. The van der Waals surface area contributed by atoms with Gasteiger partial charge in [-0.15, -0.1) is 11.6 Å². The summed E-state index contributed by atoms with van der Waals surface area (Å²) < 4.78 is 11.2. The highest BCUT2D eigenvalue weighted by atomic mass is 35.5. The average molecular weight is 301 g/mol. The van der Waals surface area contributed by atoms with Crippen molar-refractivity contribution in [2.24, 2.45) is 0 Å². The first-order chi connectivity index (χ1) is 10.2. The molecule has 2 aromatic carbocycles. The van der Waals surface area contributed by atoms with Gasteiger partial charge in [0.05, 0.1) is 13.0 Å². The van der Waals surface area contributed by atoms with Crippen LogP contribution in [0.25, 0.3) is 0 Å². The standard InChI is InChI=1S/C18H17ClO2/c1-14-12-15(6-5-11-19)9-10-17(14)21-13-16-7-3-4-8-18(16)20-2/h3-4,7-10,12H,11,13H2,1-2H3. The van der Waals surface area contributed by atoms with Crippen molar-refractivity contribution in [2.45, 2.75) is 13.5 Å². The predicted octanol–water partition coefficient (Wildman–Crippen LogP) is 4.17. The van der Waals surface area contributed by atoms with Crippen LogP contribution in [0.5, 0.6) is 11.5 Å². The van der Waals surface area contributed by atoms with E-state index in [0.717, 1.165) is 28.2 Å². The van der Waals surface area contributed by atoms with Gasteiger partial charge in [-0.3, -0.25) is 0 Å². The van der Waals surface area contributed by atoms with Crippen molar-refractivity contribution < 1.29 is 9.47 Å². The molecule has 0 saturated heterocycles. The molecule has 21 heavy (non-hydrogen) atoms. The Labute approximate surface area is 130 Å². The summed E-state index contributed by atoms with van der Waals surface area (Å²) in [6.07, 6.45) is 0. The molecule has 0 saturated carbocycles. The lowest BCUT2D eigenvalue weighted by atomic mass is 10.1. The summed E-state index contributed by atoms with van der Waals surface area (Å²) in [4.78, 5) is 0. The van der Waals surface area contributed by atoms with Crippen molar-refractivity contribution in [3.8, 4) is 23.3 Å². The van der Waals surface area contributed by atoms with Crippen LogP contribution in [0.1, 0.15) is 16.7 Å². The van der Waals surface area contributed by atoms with Crippen molar-refractivity contribution >= 4 is 11.6 Å². The number of hydrogen-bond acceptors (Lipinski definition) is 2. The number of ether oxygens (including phenoxy) is 2. The minimum Gasteiger partial charge on any atom is -0.496 e. The van der Waals surface area contributed by atoms with E-state index >= 15 is 0 Å². The second kappa shape index (κ2) is 7.61. The van der Waals surface area contributed by atoms with E-state index in [1.165, 1.54) is 0 Å². The van der Waals surface area contributed by atoms with Crippen molar-refractivity contribution in [3.05, 3.63) is 59.2 Å². The Morgan fingerprint density at radius 3 is 2.62 bits per heavy atom. The molecule has 0 aliphatic rings. The number of methoxy groups -OCH3 is 1. The number of halogens is 1. The van der Waals surface area contributed by atoms with Crippen molar-refractivity contribution in [1.82, 2.24) is 0 Å². The molecule has 0 unspecified atom stereocenters. The maximum absolute atomic E-state index is 5.87. The second-order valence-corrected chi connectivity index (χ2v) is 4.78. The minimum absolute atomic E-state index is 0.338. The summed E-state index contributed by atoms with van der Waals surface area (Å²) in [5.41, 5.74) is 3.01. The van der Waals surface area contributed by atoms with Crippen LogP contribution in [0.3, 0.4) is 0 Å². The van der Waals surface area contributed by atoms with Gasteiger partial charge in [-0.05, 0) is 36.8 Å². The molecule has 0 aliphatic heterocycles. The van der Waals surface area contributed by atoms with E-state index in [9.17, 15) is 0 Å². The molecule has 0 bridgehead atoms. The van der Waals surface area contributed by atoms with E-state index in [1.807, 2.05) is 49.4 Å². The Kier molecular flexibility index (Phi) is 5.54. The molecule has 0 radical (unpaired) electrons. The summed E-state index contributed by atoms with van der Waals surface area (Å²) in [7, 11) is 1.66. The molecular weight excluding hydrogens is 284 g/mol. The largest absolute Gasteiger partial charge is 0.496 e. The maximum atomic E-state index is 5.87. The van der Waals surface area contributed by atoms with Gasteiger partial charge in [-0.25, -0.2) is 0 Å². The van der Waals surface area contributed by atoms with Crippen molar-refractivity contribution in [2.75, 3.05) is 13.0 Å². The number of aryl methyl sites for hydroxylation is 1. The highest BCUT2D eigenvalue weighted by Gasteiger charge is 2.05. The van der Waals surface area contributed by atoms with Crippen LogP contribution < -0.4 is 9.47 Å². The van der Waals surface area contributed by atoms with Crippen LogP contribution in [0.4, 0.5) is 0 Å². The highest BCUT2D eigenvalue weighted by molar-refractivity contribution is 6.19. The second-order valence-electron chi connectivity index (χ2n) is 4.52. The Hall–Kier alpha value is -2.11. The van der Waals surface area contributed by atoms with Gasteiger partial charge in [0.15, 0.2) is 0 Å². The molecule has 0 fully saturated rings. The fraction of sp³-hybridized carbons (Fsp3) is 0.222. The lowest BCUT2D eigenvalue weighted by molar-refractivity contribution is 0.295. The molecule has 0 atom stereocenters.